The van der Waals surface area contributed by atoms with Crippen molar-refractivity contribution in [1.82, 2.24) is 15.6 Å². The molecule has 3 aromatic rings. The summed E-state index contributed by atoms with van der Waals surface area (Å²) in [5.41, 5.74) is 4.79. The molecular formula is C21H23N5O2. The molecule has 0 saturated carbocycles. The first-order valence-electron chi connectivity index (χ1n) is 9.25. The van der Waals surface area contributed by atoms with Gasteiger partial charge in [-0.1, -0.05) is 30.3 Å². The van der Waals surface area contributed by atoms with Gasteiger partial charge in [0.25, 0.3) is 5.56 Å². The van der Waals surface area contributed by atoms with Crippen molar-refractivity contribution < 1.29 is 4.79 Å². The number of hydrogen-bond donors (Lipinski definition) is 2. The van der Waals surface area contributed by atoms with Gasteiger partial charge in [0.15, 0.2) is 0 Å². The number of H-pyrrole nitrogens is 1. The maximum absolute atomic E-state index is 12.2. The van der Waals surface area contributed by atoms with Crippen LogP contribution in [0.4, 0.5) is 5.69 Å². The lowest BCUT2D eigenvalue weighted by Crippen LogP contribution is -2.22. The number of hydrogen-bond acceptors (Lipinski definition) is 5. The molecule has 0 spiro atoms. The molecular weight excluding hydrogens is 354 g/mol. The Balaban J connectivity index is 1.63. The predicted molar refractivity (Wildman–Crippen MR) is 112 cm³/mol. The Morgan fingerprint density at radius 1 is 1.11 bits per heavy atom. The molecule has 0 radical (unpaired) electrons. The zero-order valence-electron chi connectivity index (χ0n) is 16.0. The third kappa shape index (κ3) is 4.43. The highest BCUT2D eigenvalue weighted by Gasteiger charge is 2.10. The fourth-order valence-corrected chi connectivity index (χ4v) is 3.04. The highest BCUT2D eigenvalue weighted by molar-refractivity contribution is 5.89. The van der Waals surface area contributed by atoms with Crippen LogP contribution in [0.1, 0.15) is 25.1 Å². The van der Waals surface area contributed by atoms with Crippen molar-refractivity contribution in [2.75, 3.05) is 18.0 Å². The van der Waals surface area contributed by atoms with E-state index in [1.807, 2.05) is 30.3 Å². The lowest BCUT2D eigenvalue weighted by molar-refractivity contribution is -0.120. The van der Waals surface area contributed by atoms with Crippen LogP contribution in [0.5, 0.6) is 0 Å². The van der Waals surface area contributed by atoms with Gasteiger partial charge in [0.2, 0.25) is 5.91 Å². The molecule has 7 heteroatoms. The second-order valence-electron chi connectivity index (χ2n) is 6.28. The van der Waals surface area contributed by atoms with Crippen molar-refractivity contribution in [3.63, 3.8) is 0 Å². The van der Waals surface area contributed by atoms with E-state index in [1.165, 1.54) is 0 Å². The van der Waals surface area contributed by atoms with E-state index >= 15 is 0 Å². The Hall–Kier alpha value is -3.48. The molecule has 3 rings (SSSR count). The van der Waals surface area contributed by atoms with Gasteiger partial charge in [-0.15, -0.1) is 0 Å². The van der Waals surface area contributed by atoms with Crippen molar-refractivity contribution >= 4 is 28.6 Å². The van der Waals surface area contributed by atoms with Gasteiger partial charge in [-0.05, 0) is 37.6 Å². The number of anilines is 1. The molecule has 28 heavy (non-hydrogen) atoms. The first kappa shape index (κ1) is 19.3. The molecule has 1 aromatic heterocycles. The molecule has 0 aliphatic rings. The van der Waals surface area contributed by atoms with Crippen LogP contribution in [0.3, 0.4) is 0 Å². The summed E-state index contributed by atoms with van der Waals surface area (Å²) in [7, 11) is 0. The summed E-state index contributed by atoms with van der Waals surface area (Å²) in [6, 6.07) is 15.1. The predicted octanol–water partition coefficient (Wildman–Crippen LogP) is 2.46. The van der Waals surface area contributed by atoms with Crippen LogP contribution < -0.4 is 15.9 Å². The average molecular weight is 377 g/mol. The molecule has 0 aliphatic carbocycles. The largest absolute Gasteiger partial charge is 0.372 e. The van der Waals surface area contributed by atoms with Crippen molar-refractivity contribution in [2.24, 2.45) is 5.10 Å². The van der Waals surface area contributed by atoms with E-state index < -0.39 is 0 Å². The SMILES string of the molecule is CCN(CC)c1ccc(/C=N/NC(=O)Cc2n[nH]c(=O)c3ccccc23)cc1. The first-order valence-corrected chi connectivity index (χ1v) is 9.25. The Labute approximate surface area is 163 Å². The van der Waals surface area contributed by atoms with Crippen LogP contribution >= 0.6 is 0 Å². The molecule has 0 fully saturated rings. The van der Waals surface area contributed by atoms with Gasteiger partial charge in [0.1, 0.15) is 0 Å². The third-order valence-corrected chi connectivity index (χ3v) is 4.53. The quantitative estimate of drug-likeness (QED) is 0.489. The molecule has 2 N–H and O–H groups in total. The summed E-state index contributed by atoms with van der Waals surface area (Å²) < 4.78 is 0. The molecule has 7 nitrogen and oxygen atoms in total. The van der Waals surface area contributed by atoms with Gasteiger partial charge in [-0.25, -0.2) is 10.5 Å². The van der Waals surface area contributed by atoms with E-state index in [0.717, 1.165) is 24.3 Å². The van der Waals surface area contributed by atoms with Crippen LogP contribution in [0.2, 0.25) is 0 Å². The summed E-state index contributed by atoms with van der Waals surface area (Å²) in [6.45, 7) is 6.14. The number of aromatic amines is 1. The Bertz CT molecular complexity index is 1040. The zero-order chi connectivity index (χ0) is 19.9. The molecule has 2 aromatic carbocycles. The number of rotatable bonds is 7. The van der Waals surface area contributed by atoms with E-state index in [-0.39, 0.29) is 17.9 Å². The van der Waals surface area contributed by atoms with Gasteiger partial charge < -0.3 is 4.90 Å². The van der Waals surface area contributed by atoms with Crippen molar-refractivity contribution in [3.8, 4) is 0 Å². The Morgan fingerprint density at radius 2 is 1.79 bits per heavy atom. The lowest BCUT2D eigenvalue weighted by Gasteiger charge is -2.20. The topological polar surface area (TPSA) is 90.4 Å². The van der Waals surface area contributed by atoms with Crippen LogP contribution in [0.15, 0.2) is 58.4 Å². The minimum atomic E-state index is -0.305. The number of nitrogens with zero attached hydrogens (tertiary/aromatic N) is 3. The maximum Gasteiger partial charge on any atom is 0.272 e. The molecule has 0 aliphatic heterocycles. The number of benzene rings is 2. The van der Waals surface area contributed by atoms with Crippen molar-refractivity contribution in [1.29, 1.82) is 0 Å². The standard InChI is InChI=1S/C21H23N5O2/c1-3-26(4-2)16-11-9-15(10-12-16)14-22-24-20(27)13-19-17-7-5-6-8-18(17)21(28)25-23-19/h5-12,14H,3-4,13H2,1-2H3,(H,24,27)(H,25,28)/b22-14+. The summed E-state index contributed by atoms with van der Waals surface area (Å²) in [5.74, 6) is -0.305. The number of carbonyl (C=O) groups excluding carboxylic acids is 1. The van der Waals surface area contributed by atoms with Gasteiger partial charge in [0, 0.05) is 24.2 Å². The van der Waals surface area contributed by atoms with Crippen LogP contribution in [0.25, 0.3) is 10.8 Å². The van der Waals surface area contributed by atoms with Crippen molar-refractivity contribution in [2.45, 2.75) is 20.3 Å². The molecule has 0 bridgehead atoms. The van der Waals surface area contributed by atoms with E-state index in [9.17, 15) is 9.59 Å². The first-order chi connectivity index (χ1) is 13.6. The number of carbonyl (C=O) groups is 1. The fraction of sp³-hybridized carbons (Fsp3) is 0.238. The van der Waals surface area contributed by atoms with Crippen LogP contribution in [-0.4, -0.2) is 35.4 Å². The molecule has 1 amide bonds. The maximum atomic E-state index is 12.2. The summed E-state index contributed by atoms with van der Waals surface area (Å²) >= 11 is 0. The normalized spacial score (nSPS) is 11.1. The molecule has 0 unspecified atom stereocenters. The highest BCUT2D eigenvalue weighted by atomic mass is 16.2. The number of fused-ring (bicyclic) bond motifs is 1. The third-order valence-electron chi connectivity index (χ3n) is 4.53. The van der Waals surface area contributed by atoms with Gasteiger partial charge >= 0.3 is 0 Å². The van der Waals surface area contributed by atoms with E-state index in [0.29, 0.717) is 16.5 Å². The number of aromatic nitrogens is 2. The Kier molecular flexibility index (Phi) is 6.16. The van der Waals surface area contributed by atoms with Gasteiger partial charge in [0.05, 0.1) is 23.7 Å². The Morgan fingerprint density at radius 3 is 2.46 bits per heavy atom. The molecule has 0 saturated heterocycles. The second kappa shape index (κ2) is 8.94. The summed E-state index contributed by atoms with van der Waals surface area (Å²) in [6.07, 6.45) is 1.62. The minimum Gasteiger partial charge on any atom is -0.372 e. The average Bonchev–Trinajstić information content (AvgIpc) is 2.72. The van der Waals surface area contributed by atoms with Gasteiger partial charge in [-0.2, -0.15) is 10.2 Å². The smallest absolute Gasteiger partial charge is 0.272 e. The zero-order valence-corrected chi connectivity index (χ0v) is 16.0. The van der Waals surface area contributed by atoms with Crippen molar-refractivity contribution in [3.05, 3.63) is 70.1 Å². The van der Waals surface area contributed by atoms with Crippen LogP contribution in [0, 0.1) is 0 Å². The monoisotopic (exact) mass is 377 g/mol. The van der Waals surface area contributed by atoms with E-state index in [4.69, 9.17) is 0 Å². The minimum absolute atomic E-state index is 0.0233. The summed E-state index contributed by atoms with van der Waals surface area (Å²) in [5, 5.41) is 11.6. The lowest BCUT2D eigenvalue weighted by atomic mass is 10.1. The highest BCUT2D eigenvalue weighted by Crippen LogP contribution is 2.14. The second-order valence-corrected chi connectivity index (χ2v) is 6.28. The number of amides is 1. The van der Waals surface area contributed by atoms with E-state index in [2.05, 4.69) is 39.5 Å². The number of nitrogens with one attached hydrogen (secondary N) is 2. The number of hydrazone groups is 1. The molecule has 144 valence electrons. The fourth-order valence-electron chi connectivity index (χ4n) is 3.04. The van der Waals surface area contributed by atoms with Crippen LogP contribution in [-0.2, 0) is 11.2 Å². The summed E-state index contributed by atoms with van der Waals surface area (Å²) in [4.78, 5) is 26.2. The van der Waals surface area contributed by atoms with Gasteiger partial charge in [-0.3, -0.25) is 9.59 Å². The molecule has 1 heterocycles. The van der Waals surface area contributed by atoms with E-state index in [1.54, 1.807) is 24.4 Å². The molecule has 0 atom stereocenters.